The van der Waals surface area contributed by atoms with Crippen LogP contribution in [0.2, 0.25) is 5.02 Å². The number of amides is 1. The standard InChI is InChI=1S/C26H29ClN2O5S/c1-18(20-8-6-5-7-9-20)16-28-26(30)21-12-10-19(11-13-21)17-29(35(4,31)32)23-15-24(33-2)22(27)14-25(23)34-3/h5-15,18H,16-17H2,1-4H3,(H,28,30)/t18-/m1/s1. The first kappa shape index (κ1) is 26.4. The summed E-state index contributed by atoms with van der Waals surface area (Å²) in [6.45, 7) is 2.59. The molecule has 1 atom stereocenters. The zero-order chi connectivity index (χ0) is 25.6. The summed E-state index contributed by atoms with van der Waals surface area (Å²) in [6.07, 6.45) is 1.11. The molecule has 0 heterocycles. The molecule has 3 aromatic rings. The Bertz CT molecular complexity index is 1260. The second-order valence-corrected chi connectivity index (χ2v) is 10.5. The molecule has 35 heavy (non-hydrogen) atoms. The Morgan fingerprint density at radius 1 is 1.00 bits per heavy atom. The largest absolute Gasteiger partial charge is 0.495 e. The molecule has 0 unspecified atom stereocenters. The summed E-state index contributed by atoms with van der Waals surface area (Å²) in [6, 6.07) is 19.8. The van der Waals surface area contributed by atoms with Gasteiger partial charge in [0, 0.05) is 24.2 Å². The highest BCUT2D eigenvalue weighted by molar-refractivity contribution is 7.92. The number of benzene rings is 3. The van der Waals surface area contributed by atoms with Crippen LogP contribution >= 0.6 is 11.6 Å². The van der Waals surface area contributed by atoms with E-state index in [0.717, 1.165) is 11.8 Å². The molecule has 1 amide bonds. The molecular formula is C26H29ClN2O5S. The number of nitrogens with one attached hydrogen (secondary N) is 1. The third-order valence-electron chi connectivity index (χ3n) is 5.60. The maximum atomic E-state index is 12.7. The van der Waals surface area contributed by atoms with E-state index < -0.39 is 10.0 Å². The van der Waals surface area contributed by atoms with Crippen LogP contribution in [-0.2, 0) is 16.6 Å². The highest BCUT2D eigenvalue weighted by Gasteiger charge is 2.24. The van der Waals surface area contributed by atoms with E-state index in [2.05, 4.69) is 12.2 Å². The van der Waals surface area contributed by atoms with Gasteiger partial charge >= 0.3 is 0 Å². The summed E-state index contributed by atoms with van der Waals surface area (Å²) < 4.78 is 37.2. The molecule has 9 heteroatoms. The molecule has 1 N–H and O–H groups in total. The number of carbonyl (C=O) groups is 1. The molecule has 0 aliphatic rings. The number of hydrogen-bond donors (Lipinski definition) is 1. The zero-order valence-corrected chi connectivity index (χ0v) is 21.7. The van der Waals surface area contributed by atoms with Crippen molar-refractivity contribution < 1.29 is 22.7 Å². The van der Waals surface area contributed by atoms with E-state index >= 15 is 0 Å². The third kappa shape index (κ3) is 6.68. The van der Waals surface area contributed by atoms with Gasteiger partial charge in [-0.15, -0.1) is 0 Å². The summed E-state index contributed by atoms with van der Waals surface area (Å²) in [5.41, 5.74) is 2.64. The minimum absolute atomic E-state index is 0.0346. The van der Waals surface area contributed by atoms with Gasteiger partial charge < -0.3 is 14.8 Å². The van der Waals surface area contributed by atoms with Gasteiger partial charge in [0.15, 0.2) is 0 Å². The van der Waals surface area contributed by atoms with Crippen molar-refractivity contribution in [2.24, 2.45) is 0 Å². The van der Waals surface area contributed by atoms with Crippen LogP contribution in [-0.4, -0.2) is 41.3 Å². The number of hydrogen-bond acceptors (Lipinski definition) is 5. The van der Waals surface area contributed by atoms with Gasteiger partial charge in [-0.25, -0.2) is 8.42 Å². The molecule has 0 radical (unpaired) electrons. The fraction of sp³-hybridized carbons (Fsp3) is 0.269. The number of nitrogens with zero attached hydrogens (tertiary/aromatic N) is 1. The lowest BCUT2D eigenvalue weighted by atomic mass is 10.0. The molecule has 7 nitrogen and oxygen atoms in total. The predicted octanol–water partition coefficient (Wildman–Crippen LogP) is 4.86. The molecule has 0 saturated heterocycles. The van der Waals surface area contributed by atoms with Crippen LogP contribution in [0.15, 0.2) is 66.7 Å². The molecule has 3 rings (SSSR count). The highest BCUT2D eigenvalue weighted by atomic mass is 35.5. The zero-order valence-electron chi connectivity index (χ0n) is 20.1. The molecule has 3 aromatic carbocycles. The number of methoxy groups -OCH3 is 2. The van der Waals surface area contributed by atoms with E-state index in [1.165, 1.54) is 30.7 Å². The smallest absolute Gasteiger partial charge is 0.251 e. The summed E-state index contributed by atoms with van der Waals surface area (Å²) in [5, 5.41) is 3.26. The molecule has 0 fully saturated rings. The lowest BCUT2D eigenvalue weighted by molar-refractivity contribution is 0.0951. The Morgan fingerprint density at radius 2 is 1.63 bits per heavy atom. The van der Waals surface area contributed by atoms with E-state index in [9.17, 15) is 13.2 Å². The van der Waals surface area contributed by atoms with Gasteiger partial charge in [-0.2, -0.15) is 0 Å². The van der Waals surface area contributed by atoms with E-state index in [4.69, 9.17) is 21.1 Å². The molecular weight excluding hydrogens is 488 g/mol. The molecule has 0 aliphatic heterocycles. The quantitative estimate of drug-likeness (QED) is 0.416. The number of anilines is 1. The molecule has 0 spiro atoms. The summed E-state index contributed by atoms with van der Waals surface area (Å²) >= 11 is 6.18. The van der Waals surface area contributed by atoms with E-state index in [0.29, 0.717) is 39.9 Å². The Labute approximate surface area is 211 Å². The summed E-state index contributed by atoms with van der Waals surface area (Å²) in [4.78, 5) is 12.6. The third-order valence-corrected chi connectivity index (χ3v) is 7.02. The fourth-order valence-electron chi connectivity index (χ4n) is 3.59. The van der Waals surface area contributed by atoms with Crippen LogP contribution in [0.3, 0.4) is 0 Å². The van der Waals surface area contributed by atoms with Gasteiger partial charge in [-0.05, 0) is 29.2 Å². The number of halogens is 1. The van der Waals surface area contributed by atoms with Crippen molar-refractivity contribution in [3.05, 3.63) is 88.4 Å². The maximum absolute atomic E-state index is 12.7. The SMILES string of the molecule is COc1cc(N(Cc2ccc(C(=O)NC[C@@H](C)c3ccccc3)cc2)S(C)(=O)=O)c(OC)cc1Cl. The van der Waals surface area contributed by atoms with E-state index in [1.807, 2.05) is 30.3 Å². The highest BCUT2D eigenvalue weighted by Crippen LogP contribution is 2.39. The van der Waals surface area contributed by atoms with Crippen LogP contribution in [0.25, 0.3) is 0 Å². The minimum Gasteiger partial charge on any atom is -0.495 e. The van der Waals surface area contributed by atoms with Crippen molar-refractivity contribution >= 4 is 33.2 Å². The Morgan fingerprint density at radius 3 is 2.20 bits per heavy atom. The van der Waals surface area contributed by atoms with Crippen molar-refractivity contribution in [2.75, 3.05) is 31.3 Å². The number of carbonyl (C=O) groups excluding carboxylic acids is 1. The first-order chi connectivity index (χ1) is 16.6. The van der Waals surface area contributed by atoms with Gasteiger partial charge in [0.05, 0.1) is 37.7 Å². The van der Waals surface area contributed by atoms with Gasteiger partial charge in [0.1, 0.15) is 11.5 Å². The van der Waals surface area contributed by atoms with Gasteiger partial charge in [-0.3, -0.25) is 9.10 Å². The first-order valence-electron chi connectivity index (χ1n) is 10.9. The topological polar surface area (TPSA) is 84.9 Å². The second kappa shape index (κ2) is 11.5. The maximum Gasteiger partial charge on any atom is 0.251 e. The van der Waals surface area contributed by atoms with Crippen LogP contribution < -0.4 is 19.1 Å². The van der Waals surface area contributed by atoms with Crippen LogP contribution in [0.4, 0.5) is 5.69 Å². The van der Waals surface area contributed by atoms with E-state index in [1.54, 1.807) is 24.3 Å². The van der Waals surface area contributed by atoms with Gasteiger partial charge in [0.25, 0.3) is 5.91 Å². The second-order valence-electron chi connectivity index (χ2n) is 8.15. The lowest BCUT2D eigenvalue weighted by Gasteiger charge is -2.25. The molecule has 0 aromatic heterocycles. The van der Waals surface area contributed by atoms with Crippen molar-refractivity contribution in [3.8, 4) is 11.5 Å². The van der Waals surface area contributed by atoms with Crippen LogP contribution in [0, 0.1) is 0 Å². The predicted molar refractivity (Wildman–Crippen MR) is 139 cm³/mol. The number of sulfonamides is 1. The molecule has 0 saturated carbocycles. The van der Waals surface area contributed by atoms with Crippen molar-refractivity contribution in [3.63, 3.8) is 0 Å². The Hall–Kier alpha value is -3.23. The molecule has 0 aliphatic carbocycles. The van der Waals surface area contributed by atoms with Crippen molar-refractivity contribution in [2.45, 2.75) is 19.4 Å². The summed E-state index contributed by atoms with van der Waals surface area (Å²) in [5.74, 6) is 0.607. The van der Waals surface area contributed by atoms with Gasteiger partial charge in [-0.1, -0.05) is 61.0 Å². The Balaban J connectivity index is 1.76. The van der Waals surface area contributed by atoms with E-state index in [-0.39, 0.29) is 18.4 Å². The minimum atomic E-state index is -3.68. The molecule has 186 valence electrons. The average Bonchev–Trinajstić information content (AvgIpc) is 2.85. The average molecular weight is 517 g/mol. The van der Waals surface area contributed by atoms with Crippen LogP contribution in [0.5, 0.6) is 11.5 Å². The summed E-state index contributed by atoms with van der Waals surface area (Å²) in [7, 11) is -0.792. The Kier molecular flexibility index (Phi) is 8.64. The first-order valence-corrected chi connectivity index (χ1v) is 13.2. The lowest BCUT2D eigenvalue weighted by Crippen LogP contribution is -2.30. The molecule has 0 bridgehead atoms. The van der Waals surface area contributed by atoms with Gasteiger partial charge in [0.2, 0.25) is 10.0 Å². The van der Waals surface area contributed by atoms with Crippen molar-refractivity contribution in [1.82, 2.24) is 5.32 Å². The fourth-order valence-corrected chi connectivity index (χ4v) is 4.71. The van der Waals surface area contributed by atoms with Crippen LogP contribution in [0.1, 0.15) is 34.3 Å². The normalized spacial score (nSPS) is 12.0. The van der Waals surface area contributed by atoms with Crippen molar-refractivity contribution in [1.29, 1.82) is 0 Å². The number of ether oxygens (including phenoxy) is 2. The number of rotatable bonds is 10. The monoisotopic (exact) mass is 516 g/mol.